The SMILES string of the molecule is CC(C)c1ccc(C(N)C2CCCC2(C)C)cc1. The fraction of sp³-hybridized carbons (Fsp3) is 0.647. The summed E-state index contributed by atoms with van der Waals surface area (Å²) in [6.45, 7) is 9.20. The average Bonchev–Trinajstić information content (AvgIpc) is 2.68. The molecule has 1 nitrogen and oxygen atoms in total. The third-order valence-electron chi connectivity index (χ3n) is 4.76. The Morgan fingerprint density at radius 2 is 1.67 bits per heavy atom. The van der Waals surface area contributed by atoms with Gasteiger partial charge in [0, 0.05) is 6.04 Å². The van der Waals surface area contributed by atoms with Crippen LogP contribution in [0.3, 0.4) is 0 Å². The second-order valence-corrected chi connectivity index (χ2v) is 6.83. The number of benzene rings is 1. The van der Waals surface area contributed by atoms with E-state index in [0.29, 0.717) is 17.3 Å². The number of hydrogen-bond donors (Lipinski definition) is 1. The van der Waals surface area contributed by atoms with E-state index in [1.165, 1.54) is 30.4 Å². The van der Waals surface area contributed by atoms with E-state index in [-0.39, 0.29) is 6.04 Å². The van der Waals surface area contributed by atoms with Crippen LogP contribution in [0.25, 0.3) is 0 Å². The smallest absolute Gasteiger partial charge is 0.0328 e. The molecule has 1 aliphatic rings. The van der Waals surface area contributed by atoms with Crippen LogP contribution in [0.15, 0.2) is 24.3 Å². The maximum atomic E-state index is 6.50. The van der Waals surface area contributed by atoms with Crippen LogP contribution in [0.5, 0.6) is 0 Å². The Hall–Kier alpha value is -0.820. The minimum atomic E-state index is 0.198. The predicted molar refractivity (Wildman–Crippen MR) is 78.6 cm³/mol. The molecule has 1 saturated carbocycles. The second kappa shape index (κ2) is 5.05. The molecule has 2 rings (SSSR count). The standard InChI is InChI=1S/C17H27N/c1-12(2)13-7-9-14(10-8-13)16(18)15-6-5-11-17(15,3)4/h7-10,12,15-16H,5-6,11,18H2,1-4H3. The Labute approximate surface area is 112 Å². The topological polar surface area (TPSA) is 26.0 Å². The van der Waals surface area contributed by atoms with Crippen LogP contribution in [0.2, 0.25) is 0 Å². The number of hydrogen-bond acceptors (Lipinski definition) is 1. The zero-order valence-electron chi connectivity index (χ0n) is 12.2. The largest absolute Gasteiger partial charge is 0.324 e. The van der Waals surface area contributed by atoms with Crippen molar-refractivity contribution in [1.29, 1.82) is 0 Å². The van der Waals surface area contributed by atoms with Gasteiger partial charge in [-0.05, 0) is 41.2 Å². The first-order valence-electron chi connectivity index (χ1n) is 7.27. The molecular weight excluding hydrogens is 218 g/mol. The molecule has 0 amide bonds. The lowest BCUT2D eigenvalue weighted by Crippen LogP contribution is -2.29. The van der Waals surface area contributed by atoms with E-state index in [1.807, 2.05) is 0 Å². The lowest BCUT2D eigenvalue weighted by molar-refractivity contribution is 0.222. The summed E-state index contributed by atoms with van der Waals surface area (Å²) in [5, 5.41) is 0. The predicted octanol–water partition coefficient (Wildman–Crippen LogP) is 4.64. The van der Waals surface area contributed by atoms with Gasteiger partial charge in [0.15, 0.2) is 0 Å². The molecule has 0 spiro atoms. The van der Waals surface area contributed by atoms with E-state index < -0.39 is 0 Å². The van der Waals surface area contributed by atoms with Crippen molar-refractivity contribution < 1.29 is 0 Å². The Kier molecular flexibility index (Phi) is 3.82. The number of nitrogens with two attached hydrogens (primary N) is 1. The van der Waals surface area contributed by atoms with E-state index in [9.17, 15) is 0 Å². The molecule has 2 N–H and O–H groups in total. The highest BCUT2D eigenvalue weighted by Gasteiger charge is 2.38. The van der Waals surface area contributed by atoms with Crippen molar-refractivity contribution in [2.75, 3.05) is 0 Å². The molecule has 0 aliphatic heterocycles. The lowest BCUT2D eigenvalue weighted by atomic mass is 9.76. The molecule has 0 aromatic heterocycles. The Bertz CT molecular complexity index is 389. The van der Waals surface area contributed by atoms with Gasteiger partial charge in [-0.3, -0.25) is 0 Å². The van der Waals surface area contributed by atoms with Crippen LogP contribution >= 0.6 is 0 Å². The van der Waals surface area contributed by atoms with Crippen LogP contribution in [-0.2, 0) is 0 Å². The van der Waals surface area contributed by atoms with Gasteiger partial charge in [0.2, 0.25) is 0 Å². The summed E-state index contributed by atoms with van der Waals surface area (Å²) in [7, 11) is 0. The van der Waals surface area contributed by atoms with Gasteiger partial charge >= 0.3 is 0 Å². The van der Waals surface area contributed by atoms with Crippen LogP contribution < -0.4 is 5.73 Å². The fourth-order valence-electron chi connectivity index (χ4n) is 3.35. The zero-order chi connectivity index (χ0) is 13.3. The van der Waals surface area contributed by atoms with Gasteiger partial charge in [0.05, 0.1) is 0 Å². The summed E-state index contributed by atoms with van der Waals surface area (Å²) in [6, 6.07) is 9.13. The molecule has 2 atom stereocenters. The zero-order valence-corrected chi connectivity index (χ0v) is 12.2. The van der Waals surface area contributed by atoms with Crippen molar-refractivity contribution in [2.45, 2.75) is 58.9 Å². The third kappa shape index (κ3) is 2.61. The van der Waals surface area contributed by atoms with Crippen molar-refractivity contribution in [1.82, 2.24) is 0 Å². The summed E-state index contributed by atoms with van der Waals surface area (Å²) in [6.07, 6.45) is 3.92. The Balaban J connectivity index is 2.16. The van der Waals surface area contributed by atoms with Crippen molar-refractivity contribution in [3.8, 4) is 0 Å². The van der Waals surface area contributed by atoms with Gasteiger partial charge in [-0.1, -0.05) is 58.4 Å². The van der Waals surface area contributed by atoms with E-state index in [0.717, 1.165) is 0 Å². The second-order valence-electron chi connectivity index (χ2n) is 6.83. The molecule has 18 heavy (non-hydrogen) atoms. The molecule has 0 bridgehead atoms. The van der Waals surface area contributed by atoms with Gasteiger partial charge in [0.1, 0.15) is 0 Å². The van der Waals surface area contributed by atoms with E-state index in [2.05, 4.69) is 52.0 Å². The molecule has 1 aromatic carbocycles. The van der Waals surface area contributed by atoms with Gasteiger partial charge < -0.3 is 5.73 Å². The average molecular weight is 245 g/mol. The van der Waals surface area contributed by atoms with Gasteiger partial charge in [-0.2, -0.15) is 0 Å². The molecule has 100 valence electrons. The van der Waals surface area contributed by atoms with Crippen molar-refractivity contribution in [3.05, 3.63) is 35.4 Å². The highest BCUT2D eigenvalue weighted by atomic mass is 14.7. The first-order valence-corrected chi connectivity index (χ1v) is 7.27. The minimum absolute atomic E-state index is 0.198. The fourth-order valence-corrected chi connectivity index (χ4v) is 3.35. The van der Waals surface area contributed by atoms with E-state index in [4.69, 9.17) is 5.73 Å². The van der Waals surface area contributed by atoms with E-state index in [1.54, 1.807) is 0 Å². The summed E-state index contributed by atoms with van der Waals surface area (Å²) in [5.41, 5.74) is 9.61. The Morgan fingerprint density at radius 3 is 2.11 bits per heavy atom. The van der Waals surface area contributed by atoms with Gasteiger partial charge in [0.25, 0.3) is 0 Å². The van der Waals surface area contributed by atoms with Crippen LogP contribution in [0.4, 0.5) is 0 Å². The maximum absolute atomic E-state index is 6.50. The summed E-state index contributed by atoms with van der Waals surface area (Å²) in [4.78, 5) is 0. The highest BCUT2D eigenvalue weighted by Crippen LogP contribution is 2.47. The number of rotatable bonds is 3. The molecule has 1 heteroatoms. The summed E-state index contributed by atoms with van der Waals surface area (Å²) < 4.78 is 0. The molecule has 1 aromatic rings. The molecule has 2 unspecified atom stereocenters. The van der Waals surface area contributed by atoms with Crippen LogP contribution in [-0.4, -0.2) is 0 Å². The molecular formula is C17H27N. The first-order chi connectivity index (χ1) is 8.42. The normalized spacial score (nSPS) is 24.4. The maximum Gasteiger partial charge on any atom is 0.0328 e. The quantitative estimate of drug-likeness (QED) is 0.825. The van der Waals surface area contributed by atoms with E-state index >= 15 is 0 Å². The van der Waals surface area contributed by atoms with Gasteiger partial charge in [-0.15, -0.1) is 0 Å². The molecule has 1 aliphatic carbocycles. The lowest BCUT2D eigenvalue weighted by Gasteiger charge is -2.32. The Morgan fingerprint density at radius 1 is 1.11 bits per heavy atom. The summed E-state index contributed by atoms with van der Waals surface area (Å²) in [5.74, 6) is 1.22. The van der Waals surface area contributed by atoms with Crippen molar-refractivity contribution in [2.24, 2.45) is 17.1 Å². The monoisotopic (exact) mass is 245 g/mol. The highest BCUT2D eigenvalue weighted by molar-refractivity contribution is 5.27. The minimum Gasteiger partial charge on any atom is -0.324 e. The van der Waals surface area contributed by atoms with Crippen molar-refractivity contribution in [3.63, 3.8) is 0 Å². The van der Waals surface area contributed by atoms with Crippen LogP contribution in [0.1, 0.15) is 70.0 Å². The van der Waals surface area contributed by atoms with Crippen LogP contribution in [0, 0.1) is 11.3 Å². The molecule has 1 fully saturated rings. The molecule has 0 radical (unpaired) electrons. The molecule has 0 saturated heterocycles. The van der Waals surface area contributed by atoms with Gasteiger partial charge in [-0.25, -0.2) is 0 Å². The molecule has 0 heterocycles. The first kappa shape index (κ1) is 13.6. The third-order valence-corrected chi connectivity index (χ3v) is 4.76. The van der Waals surface area contributed by atoms with Crippen molar-refractivity contribution >= 4 is 0 Å². The summed E-state index contributed by atoms with van der Waals surface area (Å²) >= 11 is 0.